The zero-order valence-corrected chi connectivity index (χ0v) is 13.1. The molecular formula is C18H14FN5O. The predicted octanol–water partition coefficient (Wildman–Crippen LogP) is 2.85. The minimum Gasteiger partial charge on any atom is -0.398 e. The standard InChI is InChI=1S/C18H14FN5O/c19-10-1-3-11(4-2-10)23-18-21-8-7-15(24-18)12-5-6-14(20)16-13(12)9-22-17(16)25/h1-8H,9,20H2,(H,22,25)(H,21,23,24). The van der Waals surface area contributed by atoms with E-state index in [1.54, 1.807) is 30.5 Å². The van der Waals surface area contributed by atoms with Crippen LogP contribution < -0.4 is 16.4 Å². The van der Waals surface area contributed by atoms with Gasteiger partial charge in [-0.3, -0.25) is 4.79 Å². The van der Waals surface area contributed by atoms with Crippen molar-refractivity contribution in [2.24, 2.45) is 0 Å². The van der Waals surface area contributed by atoms with Crippen molar-refractivity contribution in [1.29, 1.82) is 0 Å². The van der Waals surface area contributed by atoms with Crippen LogP contribution in [0.15, 0.2) is 48.7 Å². The highest BCUT2D eigenvalue weighted by Gasteiger charge is 2.25. The van der Waals surface area contributed by atoms with Gasteiger partial charge in [0.15, 0.2) is 0 Å². The molecule has 2 heterocycles. The Morgan fingerprint density at radius 3 is 2.72 bits per heavy atom. The molecule has 2 aromatic carbocycles. The number of benzene rings is 2. The molecular weight excluding hydrogens is 321 g/mol. The maximum absolute atomic E-state index is 13.0. The van der Waals surface area contributed by atoms with Crippen molar-refractivity contribution in [2.75, 3.05) is 11.1 Å². The normalized spacial score (nSPS) is 12.6. The molecule has 0 bridgehead atoms. The van der Waals surface area contributed by atoms with E-state index in [9.17, 15) is 9.18 Å². The van der Waals surface area contributed by atoms with Crippen molar-refractivity contribution in [1.82, 2.24) is 15.3 Å². The number of carbonyl (C=O) groups is 1. The topological polar surface area (TPSA) is 92.9 Å². The molecule has 4 rings (SSSR count). The lowest BCUT2D eigenvalue weighted by atomic mass is 9.99. The lowest BCUT2D eigenvalue weighted by Gasteiger charge is -2.10. The summed E-state index contributed by atoms with van der Waals surface area (Å²) in [5, 5.41) is 5.82. The maximum Gasteiger partial charge on any atom is 0.254 e. The van der Waals surface area contributed by atoms with Gasteiger partial charge in [-0.1, -0.05) is 6.07 Å². The lowest BCUT2D eigenvalue weighted by molar-refractivity contribution is 0.0966. The van der Waals surface area contributed by atoms with Gasteiger partial charge in [-0.2, -0.15) is 0 Å². The fourth-order valence-corrected chi connectivity index (χ4v) is 2.85. The molecule has 0 atom stereocenters. The number of anilines is 3. The van der Waals surface area contributed by atoms with Crippen LogP contribution in [-0.4, -0.2) is 15.9 Å². The molecule has 4 N–H and O–H groups in total. The Labute approximate surface area is 142 Å². The molecule has 124 valence electrons. The number of nitrogens with two attached hydrogens (primary N) is 1. The Morgan fingerprint density at radius 2 is 1.92 bits per heavy atom. The molecule has 1 aliphatic heterocycles. The average molecular weight is 335 g/mol. The van der Waals surface area contributed by atoms with Gasteiger partial charge in [0.1, 0.15) is 5.82 Å². The molecule has 0 spiro atoms. The number of rotatable bonds is 3. The number of carbonyl (C=O) groups excluding carboxylic acids is 1. The van der Waals surface area contributed by atoms with Gasteiger partial charge in [0.2, 0.25) is 5.95 Å². The summed E-state index contributed by atoms with van der Waals surface area (Å²) in [6, 6.07) is 11.2. The first-order chi connectivity index (χ1) is 12.1. The summed E-state index contributed by atoms with van der Waals surface area (Å²) in [7, 11) is 0. The molecule has 1 aliphatic rings. The van der Waals surface area contributed by atoms with Crippen molar-refractivity contribution in [2.45, 2.75) is 6.54 Å². The second-order valence-electron chi connectivity index (χ2n) is 5.64. The summed E-state index contributed by atoms with van der Waals surface area (Å²) in [4.78, 5) is 20.6. The predicted molar refractivity (Wildman–Crippen MR) is 92.7 cm³/mol. The fourth-order valence-electron chi connectivity index (χ4n) is 2.85. The van der Waals surface area contributed by atoms with Crippen LogP contribution in [0.1, 0.15) is 15.9 Å². The molecule has 0 aliphatic carbocycles. The average Bonchev–Trinajstić information content (AvgIpc) is 3.00. The Balaban J connectivity index is 1.71. The van der Waals surface area contributed by atoms with Gasteiger partial charge in [-0.05, 0) is 42.0 Å². The Kier molecular flexibility index (Phi) is 3.53. The number of amides is 1. The Hall–Kier alpha value is -3.48. The van der Waals surface area contributed by atoms with E-state index in [1.807, 2.05) is 6.07 Å². The van der Waals surface area contributed by atoms with Crippen LogP contribution in [0.5, 0.6) is 0 Å². The SMILES string of the molecule is Nc1ccc(-c2ccnc(Nc3ccc(F)cc3)n2)c2c1C(=O)NC2. The first kappa shape index (κ1) is 15.1. The smallest absolute Gasteiger partial charge is 0.254 e. The minimum atomic E-state index is -0.310. The summed E-state index contributed by atoms with van der Waals surface area (Å²) in [6.07, 6.45) is 1.63. The van der Waals surface area contributed by atoms with Gasteiger partial charge in [-0.15, -0.1) is 0 Å². The number of hydrogen-bond donors (Lipinski definition) is 3. The van der Waals surface area contributed by atoms with Gasteiger partial charge >= 0.3 is 0 Å². The fraction of sp³-hybridized carbons (Fsp3) is 0.0556. The van der Waals surface area contributed by atoms with Gasteiger partial charge in [0.25, 0.3) is 5.91 Å². The number of nitrogens with one attached hydrogen (secondary N) is 2. The molecule has 1 amide bonds. The third-order valence-corrected chi connectivity index (χ3v) is 4.03. The number of aromatic nitrogens is 2. The zero-order valence-electron chi connectivity index (χ0n) is 13.1. The Morgan fingerprint density at radius 1 is 1.12 bits per heavy atom. The molecule has 0 saturated heterocycles. The summed E-state index contributed by atoms with van der Waals surface area (Å²) in [5.74, 6) is -0.102. The van der Waals surface area contributed by atoms with Crippen LogP contribution >= 0.6 is 0 Å². The summed E-state index contributed by atoms with van der Waals surface area (Å²) < 4.78 is 13.0. The van der Waals surface area contributed by atoms with Crippen LogP contribution in [0.3, 0.4) is 0 Å². The molecule has 7 heteroatoms. The van der Waals surface area contributed by atoms with E-state index in [-0.39, 0.29) is 11.7 Å². The summed E-state index contributed by atoms with van der Waals surface area (Å²) >= 11 is 0. The second-order valence-corrected chi connectivity index (χ2v) is 5.64. The van der Waals surface area contributed by atoms with Crippen molar-refractivity contribution in [3.05, 3.63) is 65.6 Å². The number of fused-ring (bicyclic) bond motifs is 1. The molecule has 1 aromatic heterocycles. The number of nitrogen functional groups attached to an aromatic ring is 1. The maximum atomic E-state index is 13.0. The third-order valence-electron chi connectivity index (χ3n) is 4.03. The molecule has 0 radical (unpaired) electrons. The van der Waals surface area contributed by atoms with E-state index in [4.69, 9.17) is 5.73 Å². The molecule has 3 aromatic rings. The second kappa shape index (κ2) is 5.86. The Bertz CT molecular complexity index is 972. The van der Waals surface area contributed by atoms with Crippen LogP contribution in [0.4, 0.5) is 21.7 Å². The molecule has 0 saturated carbocycles. The van der Waals surface area contributed by atoms with Gasteiger partial charge in [0.05, 0.1) is 11.3 Å². The highest BCUT2D eigenvalue weighted by Crippen LogP contribution is 2.32. The number of halogens is 1. The first-order valence-corrected chi connectivity index (χ1v) is 7.67. The molecule has 6 nitrogen and oxygen atoms in total. The van der Waals surface area contributed by atoms with Crippen LogP contribution in [0, 0.1) is 5.82 Å². The van der Waals surface area contributed by atoms with E-state index in [1.165, 1.54) is 12.1 Å². The lowest BCUT2D eigenvalue weighted by Crippen LogP contribution is -2.13. The number of hydrogen-bond acceptors (Lipinski definition) is 5. The molecule has 0 fully saturated rings. The first-order valence-electron chi connectivity index (χ1n) is 7.67. The summed E-state index contributed by atoms with van der Waals surface area (Å²) in [6.45, 7) is 0.416. The van der Waals surface area contributed by atoms with E-state index in [2.05, 4.69) is 20.6 Å². The van der Waals surface area contributed by atoms with Crippen molar-refractivity contribution >= 4 is 23.2 Å². The van der Waals surface area contributed by atoms with Gasteiger partial charge < -0.3 is 16.4 Å². The number of nitrogens with zero attached hydrogens (tertiary/aromatic N) is 2. The quantitative estimate of drug-likeness (QED) is 0.640. The van der Waals surface area contributed by atoms with Crippen LogP contribution in [0.25, 0.3) is 11.3 Å². The van der Waals surface area contributed by atoms with E-state index in [0.717, 1.165) is 11.1 Å². The van der Waals surface area contributed by atoms with Crippen LogP contribution in [0.2, 0.25) is 0 Å². The highest BCUT2D eigenvalue weighted by molar-refractivity contribution is 6.05. The minimum absolute atomic E-state index is 0.173. The summed E-state index contributed by atoms with van der Waals surface area (Å²) in [5.41, 5.74) is 9.88. The van der Waals surface area contributed by atoms with E-state index >= 15 is 0 Å². The zero-order chi connectivity index (χ0) is 17.4. The van der Waals surface area contributed by atoms with Gasteiger partial charge in [-0.25, -0.2) is 14.4 Å². The van der Waals surface area contributed by atoms with Crippen LogP contribution in [-0.2, 0) is 6.54 Å². The van der Waals surface area contributed by atoms with E-state index < -0.39 is 0 Å². The molecule has 25 heavy (non-hydrogen) atoms. The highest BCUT2D eigenvalue weighted by atomic mass is 19.1. The third kappa shape index (κ3) is 2.76. The largest absolute Gasteiger partial charge is 0.398 e. The van der Waals surface area contributed by atoms with Gasteiger partial charge in [0, 0.05) is 29.7 Å². The van der Waals surface area contributed by atoms with Crippen molar-refractivity contribution in [3.63, 3.8) is 0 Å². The van der Waals surface area contributed by atoms with E-state index in [0.29, 0.717) is 35.1 Å². The molecule has 0 unspecified atom stereocenters. The van der Waals surface area contributed by atoms with Crippen molar-refractivity contribution < 1.29 is 9.18 Å². The monoisotopic (exact) mass is 335 g/mol. The van der Waals surface area contributed by atoms with Crippen molar-refractivity contribution in [3.8, 4) is 11.3 Å².